The highest BCUT2D eigenvalue weighted by atomic mass is 79.9. The van der Waals surface area contributed by atoms with Crippen LogP contribution in [0.3, 0.4) is 0 Å². The Morgan fingerprint density at radius 3 is 1.69 bits per heavy atom. The molecular weight excluding hydrogens is 536 g/mol. The monoisotopic (exact) mass is 538 g/mol. The maximum absolute atomic E-state index is 5.67. The number of halogens is 5. The predicted molar refractivity (Wildman–Crippen MR) is 85.3 cm³/mol. The van der Waals surface area contributed by atoms with E-state index in [4.69, 9.17) is 4.74 Å². The number of ether oxygens (including phenoxy) is 1. The van der Waals surface area contributed by atoms with Crippen LogP contribution in [0, 0.1) is 0 Å². The van der Waals surface area contributed by atoms with Gasteiger partial charge in [0.25, 0.3) is 0 Å². The average Bonchev–Trinajstić information content (AvgIpc) is 2.23. The molecule has 0 aliphatic rings. The van der Waals surface area contributed by atoms with Crippen molar-refractivity contribution in [2.45, 2.75) is 6.92 Å². The molecule has 1 rings (SSSR count). The van der Waals surface area contributed by atoms with Gasteiger partial charge in [0.15, 0.2) is 5.75 Å². The molecule has 0 fully saturated rings. The van der Waals surface area contributed by atoms with E-state index in [0.717, 1.165) is 33.7 Å². The van der Waals surface area contributed by atoms with Gasteiger partial charge in [0.2, 0.25) is 0 Å². The zero-order valence-corrected chi connectivity index (χ0v) is 16.1. The van der Waals surface area contributed by atoms with Crippen LogP contribution in [0.2, 0.25) is 0 Å². The van der Waals surface area contributed by atoms with Crippen LogP contribution in [0.4, 0.5) is 0 Å². The minimum absolute atomic E-state index is 0.484. The zero-order valence-electron chi connectivity index (χ0n) is 8.21. The summed E-state index contributed by atoms with van der Waals surface area (Å²) < 4.78 is 10.1. The van der Waals surface area contributed by atoms with Crippen LogP contribution >= 0.6 is 79.6 Å². The van der Waals surface area contributed by atoms with Gasteiger partial charge in [0.1, 0.15) is 6.61 Å². The maximum Gasteiger partial charge on any atom is 0.150 e. The van der Waals surface area contributed by atoms with Crippen molar-refractivity contribution in [3.8, 4) is 5.75 Å². The van der Waals surface area contributed by atoms with E-state index in [2.05, 4.69) is 86.2 Å². The summed E-state index contributed by atoms with van der Waals surface area (Å²) >= 11 is 17.4. The lowest BCUT2D eigenvalue weighted by molar-refractivity contribution is 0.347. The topological polar surface area (TPSA) is 9.23 Å². The molecule has 1 aromatic rings. The van der Waals surface area contributed by atoms with Gasteiger partial charge in [-0.15, -0.1) is 0 Å². The molecule has 0 unspecified atom stereocenters. The SMILES string of the molecule is C=C(C)COc1c(Br)c(Br)c(Br)c(Br)c1Br. The van der Waals surface area contributed by atoms with E-state index in [0.29, 0.717) is 6.61 Å². The van der Waals surface area contributed by atoms with E-state index in [1.165, 1.54) is 0 Å². The summed E-state index contributed by atoms with van der Waals surface area (Å²) in [5.41, 5.74) is 0.967. The van der Waals surface area contributed by atoms with Crippen molar-refractivity contribution >= 4 is 79.6 Å². The highest BCUT2D eigenvalue weighted by Crippen LogP contribution is 2.48. The molecule has 0 radical (unpaired) electrons. The molecule has 88 valence electrons. The summed E-state index contributed by atoms with van der Waals surface area (Å²) in [7, 11) is 0. The van der Waals surface area contributed by atoms with Crippen molar-refractivity contribution in [1.29, 1.82) is 0 Å². The maximum atomic E-state index is 5.67. The molecule has 6 heteroatoms. The molecule has 16 heavy (non-hydrogen) atoms. The summed E-state index contributed by atoms with van der Waals surface area (Å²) in [5, 5.41) is 0. The van der Waals surface area contributed by atoms with E-state index >= 15 is 0 Å². The molecule has 1 aromatic carbocycles. The first-order chi connectivity index (χ1) is 7.36. The van der Waals surface area contributed by atoms with Crippen LogP contribution in [0.1, 0.15) is 6.92 Å². The Bertz CT molecular complexity index is 412. The molecule has 0 saturated carbocycles. The van der Waals surface area contributed by atoms with Crippen LogP contribution in [0.25, 0.3) is 0 Å². The van der Waals surface area contributed by atoms with Gasteiger partial charge >= 0.3 is 0 Å². The third-order valence-electron chi connectivity index (χ3n) is 1.63. The fraction of sp³-hybridized carbons (Fsp3) is 0.200. The molecule has 0 aliphatic carbocycles. The Morgan fingerprint density at radius 2 is 1.31 bits per heavy atom. The highest BCUT2D eigenvalue weighted by Gasteiger charge is 2.18. The van der Waals surface area contributed by atoms with Gasteiger partial charge in [-0.25, -0.2) is 0 Å². The molecule has 0 N–H and O–H groups in total. The largest absolute Gasteiger partial charge is 0.487 e. The van der Waals surface area contributed by atoms with Gasteiger partial charge in [0, 0.05) is 4.47 Å². The lowest BCUT2D eigenvalue weighted by Crippen LogP contribution is -2.00. The first-order valence-corrected chi connectivity index (χ1v) is 8.11. The molecule has 0 saturated heterocycles. The highest BCUT2D eigenvalue weighted by molar-refractivity contribution is 9.15. The summed E-state index contributed by atoms with van der Waals surface area (Å²) in [4.78, 5) is 0. The molecule has 0 atom stereocenters. The molecule has 0 spiro atoms. The van der Waals surface area contributed by atoms with Gasteiger partial charge < -0.3 is 4.74 Å². The number of benzene rings is 1. The second-order valence-electron chi connectivity index (χ2n) is 3.14. The number of hydrogen-bond acceptors (Lipinski definition) is 1. The Morgan fingerprint density at radius 1 is 0.938 bits per heavy atom. The van der Waals surface area contributed by atoms with Crippen LogP contribution in [-0.4, -0.2) is 6.61 Å². The molecule has 0 aromatic heterocycles. The summed E-state index contributed by atoms with van der Waals surface area (Å²) in [5.74, 6) is 0.741. The lowest BCUT2D eigenvalue weighted by Gasteiger charge is -2.14. The van der Waals surface area contributed by atoms with E-state index in [-0.39, 0.29) is 0 Å². The van der Waals surface area contributed by atoms with Crippen molar-refractivity contribution in [1.82, 2.24) is 0 Å². The van der Waals surface area contributed by atoms with E-state index < -0.39 is 0 Å². The van der Waals surface area contributed by atoms with Crippen LogP contribution < -0.4 is 4.74 Å². The smallest absolute Gasteiger partial charge is 0.150 e. The van der Waals surface area contributed by atoms with Crippen molar-refractivity contribution in [2.75, 3.05) is 6.61 Å². The first kappa shape index (κ1) is 15.2. The minimum atomic E-state index is 0.484. The van der Waals surface area contributed by atoms with Crippen molar-refractivity contribution < 1.29 is 4.74 Å². The predicted octanol–water partition coefficient (Wildman–Crippen LogP) is 6.45. The van der Waals surface area contributed by atoms with Gasteiger partial charge in [-0.2, -0.15) is 0 Å². The van der Waals surface area contributed by atoms with Crippen LogP contribution in [0.5, 0.6) is 5.75 Å². The molecule has 0 heterocycles. The lowest BCUT2D eigenvalue weighted by atomic mass is 10.3. The van der Waals surface area contributed by atoms with E-state index in [1.54, 1.807) is 0 Å². The fourth-order valence-corrected chi connectivity index (χ4v) is 4.15. The van der Waals surface area contributed by atoms with Crippen LogP contribution in [-0.2, 0) is 0 Å². The van der Waals surface area contributed by atoms with E-state index in [1.807, 2.05) is 6.92 Å². The number of rotatable bonds is 3. The minimum Gasteiger partial charge on any atom is -0.487 e. The van der Waals surface area contributed by atoms with Gasteiger partial charge in [0.05, 0.1) is 17.9 Å². The Kier molecular flexibility index (Phi) is 6.05. The van der Waals surface area contributed by atoms with Gasteiger partial charge in [-0.3, -0.25) is 0 Å². The first-order valence-electron chi connectivity index (χ1n) is 4.14. The van der Waals surface area contributed by atoms with Crippen LogP contribution in [0.15, 0.2) is 34.5 Å². The quantitative estimate of drug-likeness (QED) is 0.242. The second-order valence-corrected chi connectivity index (χ2v) is 7.11. The van der Waals surface area contributed by atoms with Crippen molar-refractivity contribution in [3.05, 3.63) is 34.5 Å². The Labute approximate surface area is 137 Å². The Balaban J connectivity index is 3.23. The van der Waals surface area contributed by atoms with E-state index in [9.17, 15) is 0 Å². The van der Waals surface area contributed by atoms with Gasteiger partial charge in [-0.05, 0) is 92.1 Å². The third-order valence-corrected chi connectivity index (χ3v) is 7.65. The average molecular weight is 543 g/mol. The molecule has 0 aliphatic heterocycles. The summed E-state index contributed by atoms with van der Waals surface area (Å²) in [6.07, 6.45) is 0. The van der Waals surface area contributed by atoms with Crippen molar-refractivity contribution in [2.24, 2.45) is 0 Å². The standard InChI is InChI=1S/C10H7Br5O/c1-4(2)3-16-10-8(14)6(12)5(11)7(13)9(10)15/h1,3H2,2H3. The summed E-state index contributed by atoms with van der Waals surface area (Å²) in [6, 6.07) is 0. The normalized spacial score (nSPS) is 10.4. The molecular formula is C10H7Br5O. The number of hydrogen-bond donors (Lipinski definition) is 0. The fourth-order valence-electron chi connectivity index (χ4n) is 0.907. The molecule has 1 nitrogen and oxygen atoms in total. The second kappa shape index (κ2) is 6.36. The Hall–Kier alpha value is 1.16. The molecule has 0 bridgehead atoms. The summed E-state index contributed by atoms with van der Waals surface area (Å²) in [6.45, 7) is 6.21. The van der Waals surface area contributed by atoms with Gasteiger partial charge in [-0.1, -0.05) is 6.58 Å². The third kappa shape index (κ3) is 3.34. The molecule has 0 amide bonds. The van der Waals surface area contributed by atoms with Crippen molar-refractivity contribution in [3.63, 3.8) is 0 Å². The zero-order chi connectivity index (χ0) is 12.5.